The molecule has 0 saturated carbocycles. The van der Waals surface area contributed by atoms with Gasteiger partial charge in [-0.3, -0.25) is 4.79 Å². The van der Waals surface area contributed by atoms with Crippen LogP contribution in [0.15, 0.2) is 12.3 Å². The van der Waals surface area contributed by atoms with Crippen molar-refractivity contribution < 1.29 is 9.53 Å². The van der Waals surface area contributed by atoms with Crippen LogP contribution in [-0.4, -0.2) is 51.6 Å². The number of ether oxygens (including phenoxy) is 1. The molecule has 0 aromatic heterocycles. The van der Waals surface area contributed by atoms with Crippen molar-refractivity contribution in [3.63, 3.8) is 0 Å². The molecule has 0 aromatic carbocycles. The van der Waals surface area contributed by atoms with E-state index in [0.717, 1.165) is 26.0 Å². The third-order valence-corrected chi connectivity index (χ3v) is 1.50. The number of hydrogen-bond donors (Lipinski definition) is 1. The number of carbonyl (C=O) groups is 1. The van der Waals surface area contributed by atoms with Gasteiger partial charge in [-0.25, -0.2) is 0 Å². The molecule has 0 saturated heterocycles. The Morgan fingerprint density at radius 3 is 2.85 bits per heavy atom. The van der Waals surface area contributed by atoms with Crippen LogP contribution in [-0.2, 0) is 9.53 Å². The molecule has 0 amide bonds. The number of carbonyl (C=O) groups excluding carboxylic acids is 1. The third-order valence-electron chi connectivity index (χ3n) is 1.50. The zero-order valence-corrected chi connectivity index (χ0v) is 8.32. The van der Waals surface area contributed by atoms with Crippen molar-refractivity contribution in [2.45, 2.75) is 0 Å². The fourth-order valence-corrected chi connectivity index (χ4v) is 0.741. The van der Waals surface area contributed by atoms with E-state index in [1.165, 1.54) is 6.08 Å². The molecule has 0 aliphatic rings. The van der Waals surface area contributed by atoms with Gasteiger partial charge >= 0.3 is 0 Å². The van der Waals surface area contributed by atoms with Crippen LogP contribution < -0.4 is 5.32 Å². The van der Waals surface area contributed by atoms with Gasteiger partial charge in [0.2, 0.25) is 0 Å². The summed E-state index contributed by atoms with van der Waals surface area (Å²) in [5.41, 5.74) is 0. The monoisotopic (exact) mass is 186 g/mol. The molecule has 0 aromatic rings. The lowest BCUT2D eigenvalue weighted by Gasteiger charge is -2.13. The van der Waals surface area contributed by atoms with Gasteiger partial charge in [0.25, 0.3) is 0 Å². The smallest absolute Gasteiger partial charge is 0.144 e. The zero-order valence-electron chi connectivity index (χ0n) is 8.32. The molecule has 4 nitrogen and oxygen atoms in total. The molecule has 0 atom stereocenters. The predicted octanol–water partition coefficient (Wildman–Crippen LogP) is -0.133. The average Bonchev–Trinajstić information content (AvgIpc) is 2.14. The van der Waals surface area contributed by atoms with Gasteiger partial charge in [0.15, 0.2) is 0 Å². The van der Waals surface area contributed by atoms with Gasteiger partial charge in [-0.1, -0.05) is 0 Å². The molecule has 0 bridgehead atoms. The van der Waals surface area contributed by atoms with Crippen LogP contribution in [0.25, 0.3) is 0 Å². The summed E-state index contributed by atoms with van der Waals surface area (Å²) in [6.07, 6.45) is 3.96. The molecule has 0 unspecified atom stereocenters. The molecule has 0 heterocycles. The van der Waals surface area contributed by atoms with Crippen molar-refractivity contribution in [3.8, 4) is 0 Å². The van der Waals surface area contributed by atoms with Crippen molar-refractivity contribution in [2.75, 3.05) is 40.4 Å². The highest BCUT2D eigenvalue weighted by Gasteiger charge is 1.90. The van der Waals surface area contributed by atoms with Gasteiger partial charge in [-0.2, -0.15) is 0 Å². The summed E-state index contributed by atoms with van der Waals surface area (Å²) in [4.78, 5) is 11.9. The standard InChI is InChI=1S/C9H18N2O2/c1-10-4-8-13-9-6-11(2)5-3-7-12/h3,5,7,10H,4,6,8-9H2,1-2H3/b5-3+. The van der Waals surface area contributed by atoms with E-state index in [9.17, 15) is 4.79 Å². The van der Waals surface area contributed by atoms with Gasteiger partial charge in [-0.15, -0.1) is 0 Å². The van der Waals surface area contributed by atoms with Crippen molar-refractivity contribution in [3.05, 3.63) is 12.3 Å². The molecule has 0 fully saturated rings. The van der Waals surface area contributed by atoms with Crippen LogP contribution in [0.5, 0.6) is 0 Å². The molecule has 4 heteroatoms. The molecule has 0 rings (SSSR count). The largest absolute Gasteiger partial charge is 0.378 e. The lowest BCUT2D eigenvalue weighted by molar-refractivity contribution is -0.104. The summed E-state index contributed by atoms with van der Waals surface area (Å²) in [5.74, 6) is 0. The molecular weight excluding hydrogens is 168 g/mol. The minimum Gasteiger partial charge on any atom is -0.378 e. The van der Waals surface area contributed by atoms with Gasteiger partial charge in [-0.05, 0) is 13.1 Å². The minimum atomic E-state index is 0.682. The van der Waals surface area contributed by atoms with Crippen LogP contribution in [0.4, 0.5) is 0 Å². The quantitative estimate of drug-likeness (QED) is 0.326. The van der Waals surface area contributed by atoms with E-state index in [1.807, 2.05) is 19.0 Å². The maximum atomic E-state index is 9.97. The molecule has 0 spiro atoms. The number of rotatable bonds is 8. The summed E-state index contributed by atoms with van der Waals surface area (Å²) in [5, 5.41) is 2.99. The lowest BCUT2D eigenvalue weighted by Crippen LogP contribution is -2.20. The average molecular weight is 186 g/mol. The third kappa shape index (κ3) is 9.04. The van der Waals surface area contributed by atoms with E-state index in [0.29, 0.717) is 6.61 Å². The Bertz CT molecular complexity index is 149. The van der Waals surface area contributed by atoms with Crippen molar-refractivity contribution in [1.29, 1.82) is 0 Å². The Balaban J connectivity index is 3.21. The van der Waals surface area contributed by atoms with Gasteiger partial charge in [0.1, 0.15) is 6.29 Å². The SMILES string of the molecule is CNCCOCCN(C)/C=C/C=O. The van der Waals surface area contributed by atoms with Crippen LogP contribution in [0, 0.1) is 0 Å². The first-order valence-electron chi connectivity index (χ1n) is 4.35. The van der Waals surface area contributed by atoms with Crippen molar-refractivity contribution in [1.82, 2.24) is 10.2 Å². The van der Waals surface area contributed by atoms with E-state index in [4.69, 9.17) is 4.74 Å². The van der Waals surface area contributed by atoms with Gasteiger partial charge < -0.3 is 15.0 Å². The minimum absolute atomic E-state index is 0.682. The Morgan fingerprint density at radius 2 is 2.23 bits per heavy atom. The summed E-state index contributed by atoms with van der Waals surface area (Å²) < 4.78 is 5.30. The Morgan fingerprint density at radius 1 is 1.46 bits per heavy atom. The maximum absolute atomic E-state index is 9.97. The topological polar surface area (TPSA) is 41.6 Å². The normalized spacial score (nSPS) is 10.6. The second-order valence-electron chi connectivity index (χ2n) is 2.67. The number of likely N-dealkylation sites (N-methyl/N-ethyl adjacent to an activating group) is 2. The molecule has 76 valence electrons. The lowest BCUT2D eigenvalue weighted by atomic mass is 10.5. The second kappa shape index (κ2) is 9.22. The molecule has 0 aliphatic heterocycles. The second-order valence-corrected chi connectivity index (χ2v) is 2.67. The summed E-state index contributed by atoms with van der Waals surface area (Å²) in [6.45, 7) is 3.07. The number of allylic oxidation sites excluding steroid dienone is 1. The van der Waals surface area contributed by atoms with E-state index < -0.39 is 0 Å². The first-order valence-corrected chi connectivity index (χ1v) is 4.35. The molecule has 13 heavy (non-hydrogen) atoms. The first-order chi connectivity index (χ1) is 6.31. The maximum Gasteiger partial charge on any atom is 0.144 e. The molecule has 0 radical (unpaired) electrons. The summed E-state index contributed by atoms with van der Waals surface area (Å²) >= 11 is 0. The Labute approximate surface area is 79.6 Å². The van der Waals surface area contributed by atoms with Crippen LogP contribution in [0.2, 0.25) is 0 Å². The van der Waals surface area contributed by atoms with Crippen molar-refractivity contribution in [2.24, 2.45) is 0 Å². The summed E-state index contributed by atoms with van der Waals surface area (Å²) in [7, 11) is 3.80. The molecule has 0 aliphatic carbocycles. The zero-order chi connectivity index (χ0) is 9.94. The van der Waals surface area contributed by atoms with E-state index in [1.54, 1.807) is 6.20 Å². The highest BCUT2D eigenvalue weighted by atomic mass is 16.5. The number of hydrogen-bond acceptors (Lipinski definition) is 4. The van der Waals surface area contributed by atoms with Gasteiger partial charge in [0, 0.05) is 26.3 Å². The molecule has 1 N–H and O–H groups in total. The number of nitrogens with zero attached hydrogens (tertiary/aromatic N) is 1. The number of aldehydes is 1. The van der Waals surface area contributed by atoms with Crippen LogP contribution >= 0.6 is 0 Å². The Kier molecular flexibility index (Phi) is 8.60. The van der Waals surface area contributed by atoms with E-state index in [-0.39, 0.29) is 0 Å². The Hall–Kier alpha value is -0.870. The van der Waals surface area contributed by atoms with Crippen LogP contribution in [0.1, 0.15) is 0 Å². The fourth-order valence-electron chi connectivity index (χ4n) is 0.741. The first kappa shape index (κ1) is 12.1. The fraction of sp³-hybridized carbons (Fsp3) is 0.667. The van der Waals surface area contributed by atoms with Crippen LogP contribution in [0.3, 0.4) is 0 Å². The van der Waals surface area contributed by atoms with E-state index in [2.05, 4.69) is 5.32 Å². The van der Waals surface area contributed by atoms with Crippen molar-refractivity contribution >= 4 is 6.29 Å². The highest BCUT2D eigenvalue weighted by Crippen LogP contribution is 1.84. The molecular formula is C9H18N2O2. The van der Waals surface area contributed by atoms with Gasteiger partial charge in [0.05, 0.1) is 13.2 Å². The highest BCUT2D eigenvalue weighted by molar-refractivity contribution is 5.64. The van der Waals surface area contributed by atoms with E-state index >= 15 is 0 Å². The predicted molar refractivity (Wildman–Crippen MR) is 52.6 cm³/mol. The summed E-state index contributed by atoms with van der Waals surface area (Å²) in [6, 6.07) is 0. The number of nitrogens with one attached hydrogen (secondary N) is 1.